The summed E-state index contributed by atoms with van der Waals surface area (Å²) in [7, 11) is 0. The number of carbonyl (C=O) groups is 2. The second-order valence-corrected chi connectivity index (χ2v) is 9.61. The van der Waals surface area contributed by atoms with Gasteiger partial charge in [0.2, 0.25) is 11.8 Å². The highest BCUT2D eigenvalue weighted by molar-refractivity contribution is 7.09. The number of hydrogen-bond acceptors (Lipinski definition) is 6. The molecule has 1 saturated carbocycles. The molecule has 31 heavy (non-hydrogen) atoms. The Hall–Kier alpha value is -2.29. The van der Waals surface area contributed by atoms with Crippen LogP contribution >= 0.6 is 11.3 Å². The maximum atomic E-state index is 12.4. The van der Waals surface area contributed by atoms with E-state index in [9.17, 15) is 9.59 Å². The van der Waals surface area contributed by atoms with Gasteiger partial charge in [-0.1, -0.05) is 12.1 Å². The topological polar surface area (TPSA) is 77.6 Å². The van der Waals surface area contributed by atoms with Gasteiger partial charge in [-0.15, -0.1) is 11.3 Å². The van der Waals surface area contributed by atoms with Crippen molar-refractivity contribution in [2.24, 2.45) is 0 Å². The fraction of sp³-hybridized carbons (Fsp3) is 0.522. The molecule has 0 unspecified atom stereocenters. The Morgan fingerprint density at radius 3 is 2.58 bits per heavy atom. The lowest BCUT2D eigenvalue weighted by Crippen LogP contribution is -2.49. The molecule has 1 aliphatic heterocycles. The van der Waals surface area contributed by atoms with Crippen molar-refractivity contribution in [1.29, 1.82) is 0 Å². The molecular formula is C23H31N5O2S. The Morgan fingerprint density at radius 2 is 1.84 bits per heavy atom. The fourth-order valence-electron chi connectivity index (χ4n) is 3.74. The van der Waals surface area contributed by atoms with Crippen LogP contribution in [0.2, 0.25) is 0 Å². The summed E-state index contributed by atoms with van der Waals surface area (Å²) in [5.74, 6) is 0.118. The summed E-state index contributed by atoms with van der Waals surface area (Å²) < 4.78 is 0. The third-order valence-electron chi connectivity index (χ3n) is 5.74. The monoisotopic (exact) mass is 441 g/mol. The van der Waals surface area contributed by atoms with E-state index in [0.717, 1.165) is 73.1 Å². The highest BCUT2D eigenvalue weighted by Crippen LogP contribution is 2.19. The summed E-state index contributed by atoms with van der Waals surface area (Å²) >= 11 is 1.54. The molecule has 2 amide bonds. The first-order valence-electron chi connectivity index (χ1n) is 11.0. The van der Waals surface area contributed by atoms with Gasteiger partial charge in [-0.25, -0.2) is 4.98 Å². The Bertz CT molecular complexity index is 932. The minimum atomic E-state index is -0.0345. The van der Waals surface area contributed by atoms with E-state index >= 15 is 0 Å². The highest BCUT2D eigenvalue weighted by atomic mass is 32.1. The average Bonchev–Trinajstić information content (AvgIpc) is 3.43. The molecule has 8 heteroatoms. The number of aromatic nitrogens is 1. The van der Waals surface area contributed by atoms with E-state index in [0.29, 0.717) is 19.0 Å². The number of rotatable bonds is 8. The van der Waals surface area contributed by atoms with Crippen LogP contribution in [0.1, 0.15) is 34.7 Å². The molecule has 1 aliphatic carbocycles. The maximum Gasteiger partial charge on any atom is 0.234 e. The third-order valence-corrected chi connectivity index (χ3v) is 6.64. The lowest BCUT2D eigenvalue weighted by Gasteiger charge is -2.33. The number of hydrogen-bond donors (Lipinski definition) is 2. The van der Waals surface area contributed by atoms with Crippen molar-refractivity contribution < 1.29 is 9.59 Å². The summed E-state index contributed by atoms with van der Waals surface area (Å²) in [5.41, 5.74) is 4.06. The Kier molecular flexibility index (Phi) is 6.99. The van der Waals surface area contributed by atoms with Gasteiger partial charge in [0.25, 0.3) is 0 Å². The van der Waals surface area contributed by atoms with E-state index in [1.807, 2.05) is 32.0 Å². The number of aryl methyl sites for hydroxylation is 2. The van der Waals surface area contributed by atoms with Crippen LogP contribution in [0.5, 0.6) is 0 Å². The Balaban J connectivity index is 1.20. The lowest BCUT2D eigenvalue weighted by atomic mass is 10.1. The number of thiazole rings is 1. The summed E-state index contributed by atoms with van der Waals surface area (Å²) in [5, 5.41) is 8.95. The van der Waals surface area contributed by atoms with Crippen LogP contribution in [-0.2, 0) is 22.6 Å². The zero-order chi connectivity index (χ0) is 21.8. The van der Waals surface area contributed by atoms with Crippen molar-refractivity contribution in [2.75, 3.05) is 38.0 Å². The number of nitrogens with zero attached hydrogens (tertiary/aromatic N) is 3. The minimum absolute atomic E-state index is 0.0345. The van der Waals surface area contributed by atoms with Crippen LogP contribution in [0, 0.1) is 13.8 Å². The van der Waals surface area contributed by atoms with Gasteiger partial charge in [-0.2, -0.15) is 0 Å². The van der Waals surface area contributed by atoms with Gasteiger partial charge < -0.3 is 10.6 Å². The molecule has 0 spiro atoms. The molecule has 0 radical (unpaired) electrons. The molecule has 2 aliphatic rings. The zero-order valence-corrected chi connectivity index (χ0v) is 19.1. The highest BCUT2D eigenvalue weighted by Gasteiger charge is 2.25. The van der Waals surface area contributed by atoms with E-state index in [2.05, 4.69) is 30.8 Å². The molecule has 1 aromatic carbocycles. The van der Waals surface area contributed by atoms with Crippen molar-refractivity contribution in [1.82, 2.24) is 20.1 Å². The van der Waals surface area contributed by atoms with E-state index in [1.54, 1.807) is 11.3 Å². The van der Waals surface area contributed by atoms with Crippen molar-refractivity contribution in [3.05, 3.63) is 45.4 Å². The SMILES string of the molecule is Cc1ccc(C)c(NC(=O)Cc2nc(CN3CCN(CC(=O)NC4CC4)CC3)cs2)c1. The predicted molar refractivity (Wildman–Crippen MR) is 123 cm³/mol. The first kappa shape index (κ1) is 21.9. The summed E-state index contributed by atoms with van der Waals surface area (Å²) in [6.07, 6.45) is 2.55. The summed E-state index contributed by atoms with van der Waals surface area (Å²) in [4.78, 5) is 33.7. The smallest absolute Gasteiger partial charge is 0.234 e. The average molecular weight is 442 g/mol. The van der Waals surface area contributed by atoms with E-state index in [4.69, 9.17) is 0 Å². The molecule has 166 valence electrons. The molecule has 1 aromatic heterocycles. The predicted octanol–water partition coefficient (Wildman–Crippen LogP) is 2.34. The van der Waals surface area contributed by atoms with Gasteiger partial charge in [0.1, 0.15) is 5.01 Å². The summed E-state index contributed by atoms with van der Waals surface area (Å²) in [6, 6.07) is 6.48. The van der Waals surface area contributed by atoms with Crippen molar-refractivity contribution in [3.8, 4) is 0 Å². The summed E-state index contributed by atoms with van der Waals surface area (Å²) in [6.45, 7) is 8.95. The molecule has 2 fully saturated rings. The second kappa shape index (κ2) is 9.89. The van der Waals surface area contributed by atoms with Gasteiger partial charge in [0.05, 0.1) is 18.7 Å². The molecule has 2 N–H and O–H groups in total. The molecule has 2 heterocycles. The van der Waals surface area contributed by atoms with Crippen LogP contribution in [0.25, 0.3) is 0 Å². The number of anilines is 1. The van der Waals surface area contributed by atoms with Gasteiger partial charge in [-0.3, -0.25) is 19.4 Å². The van der Waals surface area contributed by atoms with E-state index in [1.165, 1.54) is 0 Å². The Morgan fingerprint density at radius 1 is 1.10 bits per heavy atom. The zero-order valence-electron chi connectivity index (χ0n) is 18.3. The van der Waals surface area contributed by atoms with Crippen LogP contribution < -0.4 is 10.6 Å². The standard InChI is InChI=1S/C23H31N5O2S/c1-16-3-4-17(2)20(11-16)26-21(29)12-23-25-19(15-31-23)13-27-7-9-28(10-8-27)14-22(30)24-18-5-6-18/h3-4,11,15,18H,5-10,12-14H2,1-2H3,(H,24,30)(H,26,29). The number of carbonyl (C=O) groups excluding carboxylic acids is 2. The molecule has 4 rings (SSSR count). The first-order chi connectivity index (χ1) is 14.9. The van der Waals surface area contributed by atoms with Crippen LogP contribution in [0.3, 0.4) is 0 Å². The normalized spacial score (nSPS) is 17.5. The first-order valence-corrected chi connectivity index (χ1v) is 11.9. The number of benzene rings is 1. The quantitative estimate of drug-likeness (QED) is 0.658. The van der Waals surface area contributed by atoms with Crippen molar-refractivity contribution in [3.63, 3.8) is 0 Å². The number of piperazine rings is 1. The van der Waals surface area contributed by atoms with E-state index in [-0.39, 0.29) is 11.8 Å². The molecule has 7 nitrogen and oxygen atoms in total. The van der Waals surface area contributed by atoms with Gasteiger partial charge in [-0.05, 0) is 43.9 Å². The third kappa shape index (κ3) is 6.59. The molecule has 0 atom stereocenters. The minimum Gasteiger partial charge on any atom is -0.352 e. The van der Waals surface area contributed by atoms with Gasteiger partial charge in [0, 0.05) is 49.8 Å². The van der Waals surface area contributed by atoms with Crippen molar-refractivity contribution in [2.45, 2.75) is 45.7 Å². The largest absolute Gasteiger partial charge is 0.352 e. The molecule has 0 bridgehead atoms. The van der Waals surface area contributed by atoms with Crippen LogP contribution in [-0.4, -0.2) is 65.4 Å². The van der Waals surface area contributed by atoms with Crippen LogP contribution in [0.15, 0.2) is 23.6 Å². The molecule has 2 aromatic rings. The molecular weight excluding hydrogens is 410 g/mol. The number of amides is 2. The maximum absolute atomic E-state index is 12.4. The lowest BCUT2D eigenvalue weighted by molar-refractivity contribution is -0.122. The molecule has 1 saturated heterocycles. The van der Waals surface area contributed by atoms with E-state index < -0.39 is 0 Å². The second-order valence-electron chi connectivity index (χ2n) is 8.67. The Labute approximate surface area is 187 Å². The van der Waals surface area contributed by atoms with Crippen LogP contribution in [0.4, 0.5) is 5.69 Å². The fourth-order valence-corrected chi connectivity index (χ4v) is 4.53. The van der Waals surface area contributed by atoms with Crippen molar-refractivity contribution >= 4 is 28.8 Å². The number of nitrogens with one attached hydrogen (secondary N) is 2. The van der Waals surface area contributed by atoms with Gasteiger partial charge >= 0.3 is 0 Å². The van der Waals surface area contributed by atoms with Gasteiger partial charge in [0.15, 0.2) is 0 Å².